The molecule has 6 nitrogen and oxygen atoms in total. The van der Waals surface area contributed by atoms with Gasteiger partial charge >= 0.3 is 5.97 Å². The van der Waals surface area contributed by atoms with Crippen LogP contribution in [0.3, 0.4) is 0 Å². The van der Waals surface area contributed by atoms with Crippen molar-refractivity contribution in [3.8, 4) is 0 Å². The van der Waals surface area contributed by atoms with Crippen LogP contribution in [0.4, 0.5) is 4.39 Å². The van der Waals surface area contributed by atoms with Gasteiger partial charge in [0.2, 0.25) is 0 Å². The smallest absolute Gasteiger partial charge is 0.338 e. The maximum Gasteiger partial charge on any atom is 0.338 e. The number of hydrogen-bond donors (Lipinski definition) is 0. The fourth-order valence-corrected chi connectivity index (χ4v) is 3.00. The maximum atomic E-state index is 13.3. The van der Waals surface area contributed by atoms with E-state index in [0.717, 1.165) is 6.26 Å². The number of esters is 1. The maximum absolute atomic E-state index is 13.3. The van der Waals surface area contributed by atoms with Crippen LogP contribution in [-0.2, 0) is 25.9 Å². The molecule has 1 amide bonds. The number of amides is 1. The Bertz CT molecular complexity index is 925. The Morgan fingerprint density at radius 1 is 1.11 bits per heavy atom. The van der Waals surface area contributed by atoms with Gasteiger partial charge in [0.05, 0.1) is 10.5 Å². The summed E-state index contributed by atoms with van der Waals surface area (Å²) in [4.78, 5) is 25.8. The van der Waals surface area contributed by atoms with Gasteiger partial charge in [0.25, 0.3) is 5.91 Å². The number of nitrogens with zero attached hydrogens (tertiary/aromatic N) is 1. The molecule has 0 aliphatic heterocycles. The van der Waals surface area contributed by atoms with Crippen LogP contribution in [0.2, 0.25) is 0 Å². The van der Waals surface area contributed by atoms with E-state index in [1.54, 1.807) is 19.1 Å². The molecule has 8 heteroatoms. The predicted molar refractivity (Wildman–Crippen MR) is 97.3 cm³/mol. The first-order valence-corrected chi connectivity index (χ1v) is 10.1. The number of hydrogen-bond acceptors (Lipinski definition) is 5. The highest BCUT2D eigenvalue weighted by molar-refractivity contribution is 7.90. The van der Waals surface area contributed by atoms with Gasteiger partial charge in [-0.15, -0.1) is 0 Å². The third-order valence-corrected chi connectivity index (χ3v) is 4.97. The van der Waals surface area contributed by atoms with Crippen LogP contribution in [0.1, 0.15) is 22.8 Å². The molecule has 0 radical (unpaired) electrons. The van der Waals surface area contributed by atoms with Gasteiger partial charge < -0.3 is 9.64 Å². The highest BCUT2D eigenvalue weighted by Gasteiger charge is 2.16. The SMILES string of the molecule is CCN(Cc1cccc(F)c1)C(=O)COC(=O)c1ccc(S(C)(=O)=O)cc1. The molecule has 0 spiro atoms. The minimum absolute atomic E-state index is 0.0855. The van der Waals surface area contributed by atoms with Crippen molar-refractivity contribution in [3.05, 3.63) is 65.5 Å². The topological polar surface area (TPSA) is 80.8 Å². The summed E-state index contributed by atoms with van der Waals surface area (Å²) in [6.45, 7) is 1.88. The molecule has 144 valence electrons. The van der Waals surface area contributed by atoms with Crippen LogP contribution in [0, 0.1) is 5.82 Å². The fraction of sp³-hybridized carbons (Fsp3) is 0.263. The summed E-state index contributed by atoms with van der Waals surface area (Å²) in [5.74, 6) is -1.53. The number of sulfone groups is 1. The van der Waals surface area contributed by atoms with E-state index in [2.05, 4.69) is 0 Å². The molecule has 27 heavy (non-hydrogen) atoms. The van der Waals surface area contributed by atoms with Gasteiger partial charge in [0, 0.05) is 19.3 Å². The molecule has 0 heterocycles. The molecule has 0 aliphatic carbocycles. The van der Waals surface area contributed by atoms with Crippen LogP contribution in [0.5, 0.6) is 0 Å². The van der Waals surface area contributed by atoms with Gasteiger partial charge in [0.15, 0.2) is 16.4 Å². The van der Waals surface area contributed by atoms with Crippen molar-refractivity contribution < 1.29 is 27.1 Å². The molecular formula is C19H20FNO5S. The van der Waals surface area contributed by atoms with Crippen molar-refractivity contribution in [3.63, 3.8) is 0 Å². The summed E-state index contributed by atoms with van der Waals surface area (Å²) in [5, 5.41) is 0. The van der Waals surface area contributed by atoms with Crippen molar-refractivity contribution in [1.29, 1.82) is 0 Å². The van der Waals surface area contributed by atoms with E-state index in [1.807, 2.05) is 0 Å². The van der Waals surface area contributed by atoms with Gasteiger partial charge in [-0.05, 0) is 48.9 Å². The van der Waals surface area contributed by atoms with Crippen LogP contribution >= 0.6 is 0 Å². The molecule has 0 aromatic heterocycles. The van der Waals surface area contributed by atoms with E-state index in [0.29, 0.717) is 12.1 Å². The second-order valence-electron chi connectivity index (χ2n) is 5.91. The summed E-state index contributed by atoms with van der Waals surface area (Å²) in [5.41, 5.74) is 0.774. The zero-order chi connectivity index (χ0) is 20.0. The normalized spacial score (nSPS) is 11.1. The lowest BCUT2D eigenvalue weighted by atomic mass is 10.2. The van der Waals surface area contributed by atoms with Crippen molar-refractivity contribution in [1.82, 2.24) is 4.90 Å². The van der Waals surface area contributed by atoms with E-state index >= 15 is 0 Å². The molecular weight excluding hydrogens is 373 g/mol. The van der Waals surface area contributed by atoms with Crippen molar-refractivity contribution >= 4 is 21.7 Å². The minimum Gasteiger partial charge on any atom is -0.452 e. The average Bonchev–Trinajstić information content (AvgIpc) is 2.63. The van der Waals surface area contributed by atoms with Crippen LogP contribution in [0.15, 0.2) is 53.4 Å². The van der Waals surface area contributed by atoms with E-state index in [-0.39, 0.29) is 22.8 Å². The molecule has 0 bridgehead atoms. The fourth-order valence-electron chi connectivity index (χ4n) is 2.37. The number of rotatable bonds is 7. The van der Waals surface area contributed by atoms with Gasteiger partial charge in [-0.2, -0.15) is 0 Å². The third-order valence-electron chi connectivity index (χ3n) is 3.84. The summed E-state index contributed by atoms with van der Waals surface area (Å²) in [7, 11) is -3.36. The van der Waals surface area contributed by atoms with Gasteiger partial charge in [-0.3, -0.25) is 4.79 Å². The highest BCUT2D eigenvalue weighted by Crippen LogP contribution is 2.12. The Morgan fingerprint density at radius 2 is 1.78 bits per heavy atom. The quantitative estimate of drug-likeness (QED) is 0.675. The van der Waals surface area contributed by atoms with E-state index in [4.69, 9.17) is 4.74 Å². The molecule has 0 atom stereocenters. The number of likely N-dealkylation sites (N-methyl/N-ethyl adjacent to an activating group) is 1. The Labute approximate surface area is 157 Å². The molecule has 0 N–H and O–H groups in total. The molecule has 2 rings (SSSR count). The first-order valence-electron chi connectivity index (χ1n) is 8.20. The largest absolute Gasteiger partial charge is 0.452 e. The number of ether oxygens (including phenoxy) is 1. The highest BCUT2D eigenvalue weighted by atomic mass is 32.2. The summed E-state index contributed by atoms with van der Waals surface area (Å²) >= 11 is 0. The van der Waals surface area contributed by atoms with E-state index < -0.39 is 28.3 Å². The molecule has 0 saturated heterocycles. The van der Waals surface area contributed by atoms with Gasteiger partial charge in [0.1, 0.15) is 5.82 Å². The molecule has 0 aliphatic rings. The lowest BCUT2D eigenvalue weighted by Gasteiger charge is -2.21. The first-order chi connectivity index (χ1) is 12.7. The molecule has 0 saturated carbocycles. The second-order valence-corrected chi connectivity index (χ2v) is 7.93. The lowest BCUT2D eigenvalue weighted by molar-refractivity contribution is -0.134. The summed E-state index contributed by atoms with van der Waals surface area (Å²) in [6.07, 6.45) is 1.07. The van der Waals surface area contributed by atoms with Crippen molar-refractivity contribution in [2.24, 2.45) is 0 Å². The molecule has 0 fully saturated rings. The van der Waals surface area contributed by atoms with Crippen molar-refractivity contribution in [2.75, 3.05) is 19.4 Å². The third kappa shape index (κ3) is 5.89. The number of carbonyl (C=O) groups is 2. The van der Waals surface area contributed by atoms with E-state index in [9.17, 15) is 22.4 Å². The second kappa shape index (κ2) is 8.77. The minimum atomic E-state index is -3.36. The Hall–Kier alpha value is -2.74. The van der Waals surface area contributed by atoms with Crippen LogP contribution in [0.25, 0.3) is 0 Å². The Kier molecular flexibility index (Phi) is 6.68. The predicted octanol–water partition coefficient (Wildman–Crippen LogP) is 2.43. The Balaban J connectivity index is 1.95. The molecule has 2 aromatic carbocycles. The molecule has 0 unspecified atom stereocenters. The van der Waals surface area contributed by atoms with E-state index in [1.165, 1.54) is 41.3 Å². The summed E-state index contributed by atoms with van der Waals surface area (Å²) in [6, 6.07) is 11.2. The average molecular weight is 393 g/mol. The number of halogens is 1. The van der Waals surface area contributed by atoms with Crippen LogP contribution in [-0.4, -0.2) is 44.6 Å². The zero-order valence-corrected chi connectivity index (χ0v) is 15.8. The van der Waals surface area contributed by atoms with Crippen molar-refractivity contribution in [2.45, 2.75) is 18.4 Å². The first kappa shape index (κ1) is 20.6. The number of carbonyl (C=O) groups excluding carboxylic acids is 2. The van der Waals surface area contributed by atoms with Gasteiger partial charge in [-0.25, -0.2) is 17.6 Å². The Morgan fingerprint density at radius 3 is 2.33 bits per heavy atom. The molecule has 2 aromatic rings. The zero-order valence-electron chi connectivity index (χ0n) is 15.0. The number of benzene rings is 2. The standard InChI is InChI=1S/C19H20FNO5S/c1-3-21(12-14-5-4-6-16(20)11-14)18(22)13-26-19(23)15-7-9-17(10-8-15)27(2,24)25/h4-11H,3,12-13H2,1-2H3. The summed E-state index contributed by atoms with van der Waals surface area (Å²) < 4.78 is 41.1. The van der Waals surface area contributed by atoms with Gasteiger partial charge in [-0.1, -0.05) is 12.1 Å². The lowest BCUT2D eigenvalue weighted by Crippen LogP contribution is -2.34. The monoisotopic (exact) mass is 393 g/mol. The van der Waals surface area contributed by atoms with Crippen LogP contribution < -0.4 is 0 Å².